The first kappa shape index (κ1) is 16.8. The Kier molecular flexibility index (Phi) is 5.04. The number of thiocarbonyl (C=S) groups is 1. The van der Waals surface area contributed by atoms with Crippen LogP contribution in [0.25, 0.3) is 5.76 Å². The van der Waals surface area contributed by atoms with Crippen molar-refractivity contribution in [3.63, 3.8) is 0 Å². The standard InChI is InChI=1S/C18H18ClN3OS/c19-13-8-5-12(6-9-13)16(21-22-18(20)24)15-10-7-11-3-1-2-4-14(11)17(15)23/h1-6,8-9,16,21,23H,7,10H2,(H3,20,22,24). The smallest absolute Gasteiger partial charge is 0.178 e. The summed E-state index contributed by atoms with van der Waals surface area (Å²) < 4.78 is 0. The average Bonchev–Trinajstić information content (AvgIpc) is 2.58. The fourth-order valence-electron chi connectivity index (χ4n) is 2.98. The van der Waals surface area contributed by atoms with Crippen LogP contribution in [-0.4, -0.2) is 10.2 Å². The van der Waals surface area contributed by atoms with Gasteiger partial charge in [-0.15, -0.1) is 0 Å². The molecule has 0 amide bonds. The largest absolute Gasteiger partial charge is 0.507 e. The highest BCUT2D eigenvalue weighted by molar-refractivity contribution is 7.80. The Morgan fingerprint density at radius 3 is 2.54 bits per heavy atom. The molecule has 5 N–H and O–H groups in total. The second-order valence-corrected chi connectivity index (χ2v) is 6.53. The molecular formula is C18H18ClN3OS. The van der Waals surface area contributed by atoms with E-state index in [0.717, 1.165) is 35.1 Å². The average molecular weight is 360 g/mol. The minimum atomic E-state index is -0.267. The molecule has 2 aromatic carbocycles. The maximum atomic E-state index is 10.8. The van der Waals surface area contributed by atoms with Crippen molar-refractivity contribution >= 4 is 34.7 Å². The number of benzene rings is 2. The molecule has 24 heavy (non-hydrogen) atoms. The number of aliphatic hydroxyl groups is 1. The summed E-state index contributed by atoms with van der Waals surface area (Å²) in [6.07, 6.45) is 1.61. The van der Waals surface area contributed by atoms with Crippen molar-refractivity contribution in [1.82, 2.24) is 10.9 Å². The molecule has 0 aromatic heterocycles. The lowest BCUT2D eigenvalue weighted by molar-refractivity contribution is 0.471. The van der Waals surface area contributed by atoms with Crippen molar-refractivity contribution in [1.29, 1.82) is 0 Å². The zero-order chi connectivity index (χ0) is 17.1. The summed E-state index contributed by atoms with van der Waals surface area (Å²) in [6.45, 7) is 0. The first-order valence-electron chi connectivity index (χ1n) is 7.63. The van der Waals surface area contributed by atoms with Gasteiger partial charge in [-0.25, -0.2) is 5.43 Å². The van der Waals surface area contributed by atoms with Crippen LogP contribution in [0.2, 0.25) is 5.02 Å². The first-order valence-corrected chi connectivity index (χ1v) is 8.41. The van der Waals surface area contributed by atoms with E-state index in [-0.39, 0.29) is 11.2 Å². The van der Waals surface area contributed by atoms with Gasteiger partial charge in [0.1, 0.15) is 5.76 Å². The van der Waals surface area contributed by atoms with Crippen molar-refractivity contribution in [3.05, 3.63) is 75.8 Å². The van der Waals surface area contributed by atoms with Gasteiger partial charge in [-0.1, -0.05) is 48.0 Å². The minimum Gasteiger partial charge on any atom is -0.507 e. The fraction of sp³-hybridized carbons (Fsp3) is 0.167. The van der Waals surface area contributed by atoms with Crippen molar-refractivity contribution in [2.45, 2.75) is 18.9 Å². The predicted molar refractivity (Wildman–Crippen MR) is 102 cm³/mol. The van der Waals surface area contributed by atoms with Gasteiger partial charge in [-0.2, -0.15) is 0 Å². The molecule has 1 aliphatic carbocycles. The molecule has 0 radical (unpaired) electrons. The Labute approximate surface area is 151 Å². The Hall–Kier alpha value is -2.08. The molecule has 1 atom stereocenters. The maximum absolute atomic E-state index is 10.8. The summed E-state index contributed by atoms with van der Waals surface area (Å²) in [6, 6.07) is 15.1. The molecule has 0 aliphatic heterocycles. The Bertz CT molecular complexity index is 789. The van der Waals surface area contributed by atoms with Crippen LogP contribution in [0.1, 0.15) is 29.2 Å². The van der Waals surface area contributed by atoms with Gasteiger partial charge in [0.25, 0.3) is 0 Å². The lowest BCUT2D eigenvalue weighted by Gasteiger charge is -2.28. The summed E-state index contributed by atoms with van der Waals surface area (Å²) in [5.74, 6) is 0.300. The predicted octanol–water partition coefficient (Wildman–Crippen LogP) is 3.63. The Morgan fingerprint density at radius 1 is 1.12 bits per heavy atom. The number of aliphatic hydroxyl groups excluding tert-OH is 1. The van der Waals surface area contributed by atoms with Gasteiger partial charge < -0.3 is 10.8 Å². The summed E-state index contributed by atoms with van der Waals surface area (Å²) in [7, 11) is 0. The van der Waals surface area contributed by atoms with Gasteiger partial charge in [-0.05, 0) is 53.9 Å². The molecule has 124 valence electrons. The summed E-state index contributed by atoms with van der Waals surface area (Å²) in [5.41, 5.74) is 15.3. The van der Waals surface area contributed by atoms with Crippen molar-refractivity contribution in [2.75, 3.05) is 0 Å². The van der Waals surface area contributed by atoms with Gasteiger partial charge in [0, 0.05) is 10.6 Å². The number of aryl methyl sites for hydroxylation is 1. The van der Waals surface area contributed by atoms with Crippen LogP contribution in [0.15, 0.2) is 54.1 Å². The molecule has 1 aliphatic rings. The number of nitrogens with one attached hydrogen (secondary N) is 2. The minimum absolute atomic E-state index is 0.144. The quantitative estimate of drug-likeness (QED) is 0.495. The van der Waals surface area contributed by atoms with Gasteiger partial charge in [0.2, 0.25) is 0 Å². The van der Waals surface area contributed by atoms with E-state index in [1.54, 1.807) is 0 Å². The summed E-state index contributed by atoms with van der Waals surface area (Å²) in [4.78, 5) is 0. The number of fused-ring (bicyclic) bond motifs is 1. The maximum Gasteiger partial charge on any atom is 0.178 e. The normalized spacial score (nSPS) is 14.9. The van der Waals surface area contributed by atoms with Crippen LogP contribution in [0.3, 0.4) is 0 Å². The van der Waals surface area contributed by atoms with Gasteiger partial charge in [-0.3, -0.25) is 5.43 Å². The van der Waals surface area contributed by atoms with Crippen molar-refractivity contribution in [2.24, 2.45) is 5.73 Å². The van der Waals surface area contributed by atoms with Crippen LogP contribution in [-0.2, 0) is 6.42 Å². The molecule has 0 fully saturated rings. The number of hydrogen-bond donors (Lipinski definition) is 4. The van der Waals surface area contributed by atoms with Crippen LogP contribution in [0, 0.1) is 0 Å². The Morgan fingerprint density at radius 2 is 1.83 bits per heavy atom. The Balaban J connectivity index is 2.02. The molecular weight excluding hydrogens is 342 g/mol. The van der Waals surface area contributed by atoms with Crippen LogP contribution in [0.4, 0.5) is 0 Å². The summed E-state index contributed by atoms with van der Waals surface area (Å²) >= 11 is 10.9. The fourth-order valence-corrected chi connectivity index (χ4v) is 3.17. The van der Waals surface area contributed by atoms with Crippen molar-refractivity contribution < 1.29 is 5.11 Å². The third-order valence-corrected chi connectivity index (χ3v) is 4.49. The highest BCUT2D eigenvalue weighted by Gasteiger charge is 2.25. The van der Waals surface area contributed by atoms with E-state index in [4.69, 9.17) is 29.6 Å². The lowest BCUT2D eigenvalue weighted by Crippen LogP contribution is -2.43. The SMILES string of the molecule is NC(=S)NNC(C1=C(O)c2ccccc2CC1)c1ccc(Cl)cc1. The van der Waals surface area contributed by atoms with E-state index in [9.17, 15) is 5.11 Å². The number of hydrazine groups is 1. The molecule has 4 nitrogen and oxygen atoms in total. The van der Waals surface area contributed by atoms with Gasteiger partial charge in [0.05, 0.1) is 6.04 Å². The molecule has 1 unspecified atom stereocenters. The van der Waals surface area contributed by atoms with E-state index in [2.05, 4.69) is 10.9 Å². The summed E-state index contributed by atoms with van der Waals surface area (Å²) in [5, 5.41) is 11.6. The molecule has 0 saturated carbocycles. The third-order valence-electron chi connectivity index (χ3n) is 4.13. The number of nitrogens with two attached hydrogens (primary N) is 1. The first-order chi connectivity index (χ1) is 11.6. The van der Waals surface area contributed by atoms with Crippen LogP contribution < -0.4 is 16.6 Å². The third kappa shape index (κ3) is 3.53. The van der Waals surface area contributed by atoms with Crippen molar-refractivity contribution in [3.8, 4) is 0 Å². The van der Waals surface area contributed by atoms with Crippen LogP contribution in [0.5, 0.6) is 0 Å². The van der Waals surface area contributed by atoms with Gasteiger partial charge in [0.15, 0.2) is 5.11 Å². The van der Waals surface area contributed by atoms with E-state index in [1.165, 1.54) is 0 Å². The van der Waals surface area contributed by atoms with E-state index < -0.39 is 0 Å². The highest BCUT2D eigenvalue weighted by Crippen LogP contribution is 2.36. The lowest BCUT2D eigenvalue weighted by atomic mass is 9.85. The topological polar surface area (TPSA) is 70.3 Å². The molecule has 0 spiro atoms. The molecule has 3 rings (SSSR count). The van der Waals surface area contributed by atoms with E-state index in [0.29, 0.717) is 10.8 Å². The molecule has 0 saturated heterocycles. The monoisotopic (exact) mass is 359 g/mol. The highest BCUT2D eigenvalue weighted by atomic mass is 35.5. The van der Waals surface area contributed by atoms with Crippen LogP contribution >= 0.6 is 23.8 Å². The number of halogens is 1. The number of hydrogen-bond acceptors (Lipinski definition) is 3. The van der Waals surface area contributed by atoms with E-state index in [1.807, 2.05) is 48.5 Å². The van der Waals surface area contributed by atoms with Gasteiger partial charge >= 0.3 is 0 Å². The zero-order valence-electron chi connectivity index (χ0n) is 12.9. The molecule has 0 bridgehead atoms. The molecule has 0 heterocycles. The number of rotatable bonds is 4. The second-order valence-electron chi connectivity index (χ2n) is 5.65. The zero-order valence-corrected chi connectivity index (χ0v) is 14.5. The second kappa shape index (κ2) is 7.21. The van der Waals surface area contributed by atoms with E-state index >= 15 is 0 Å². The molecule has 6 heteroatoms. The molecule has 2 aromatic rings.